The molecule has 0 amide bonds. The van der Waals surface area contributed by atoms with Gasteiger partial charge >= 0.3 is 0 Å². The predicted octanol–water partition coefficient (Wildman–Crippen LogP) is 7.52. The van der Waals surface area contributed by atoms with E-state index in [1.165, 1.54) is 22.3 Å². The van der Waals surface area contributed by atoms with Crippen molar-refractivity contribution in [2.75, 3.05) is 0 Å². The highest BCUT2D eigenvalue weighted by molar-refractivity contribution is 6.32. The summed E-state index contributed by atoms with van der Waals surface area (Å²) in [6, 6.07) is 23.6. The molecule has 28 heavy (non-hydrogen) atoms. The van der Waals surface area contributed by atoms with Gasteiger partial charge in [0.05, 0.1) is 0 Å². The zero-order valence-electron chi connectivity index (χ0n) is 14.6. The van der Waals surface area contributed by atoms with Gasteiger partial charge in [0.25, 0.3) is 0 Å². The Hall–Kier alpha value is -2.87. The minimum atomic E-state index is 0.0246. The van der Waals surface area contributed by atoms with E-state index in [-0.39, 0.29) is 5.78 Å². The van der Waals surface area contributed by atoms with E-state index in [2.05, 4.69) is 0 Å². The first-order valence-electron chi connectivity index (χ1n) is 9.03. The first kappa shape index (κ1) is 16.1. The maximum absolute atomic E-state index is 13.1. The van der Waals surface area contributed by atoms with Crippen molar-refractivity contribution in [3.05, 3.63) is 94.0 Å². The third kappa shape index (κ3) is 2.12. The quantitative estimate of drug-likeness (QED) is 0.275. The van der Waals surface area contributed by atoms with Gasteiger partial charge in [0, 0.05) is 21.2 Å². The third-order valence-corrected chi connectivity index (χ3v) is 6.16. The van der Waals surface area contributed by atoms with Gasteiger partial charge < -0.3 is 0 Å². The van der Waals surface area contributed by atoms with Gasteiger partial charge in [0.15, 0.2) is 5.78 Å². The van der Waals surface area contributed by atoms with Crippen LogP contribution in [0.3, 0.4) is 0 Å². The number of hydrogen-bond acceptors (Lipinski definition) is 1. The Morgan fingerprint density at radius 1 is 0.464 bits per heavy atom. The second kappa shape index (κ2) is 5.57. The van der Waals surface area contributed by atoms with Crippen LogP contribution in [0.2, 0.25) is 10.0 Å². The Morgan fingerprint density at radius 2 is 0.821 bits per heavy atom. The van der Waals surface area contributed by atoms with E-state index in [1.807, 2.05) is 72.8 Å². The molecule has 2 aliphatic carbocycles. The summed E-state index contributed by atoms with van der Waals surface area (Å²) in [6.07, 6.45) is 0. The molecule has 0 saturated carbocycles. The molecular weight excluding hydrogens is 387 g/mol. The predicted molar refractivity (Wildman–Crippen MR) is 115 cm³/mol. The molecule has 6 rings (SSSR count). The van der Waals surface area contributed by atoms with Crippen molar-refractivity contribution < 1.29 is 4.79 Å². The highest BCUT2D eigenvalue weighted by Gasteiger charge is 2.26. The monoisotopic (exact) mass is 398 g/mol. The number of carbonyl (C=O) groups is 1. The van der Waals surface area contributed by atoms with Gasteiger partial charge in [-0.3, -0.25) is 4.79 Å². The number of benzene rings is 4. The van der Waals surface area contributed by atoms with E-state index in [0.717, 1.165) is 22.3 Å². The first-order valence-corrected chi connectivity index (χ1v) is 9.79. The van der Waals surface area contributed by atoms with Crippen LogP contribution in [-0.2, 0) is 0 Å². The molecule has 4 aromatic carbocycles. The molecule has 0 aliphatic heterocycles. The van der Waals surface area contributed by atoms with Gasteiger partial charge in [-0.25, -0.2) is 0 Å². The summed E-state index contributed by atoms with van der Waals surface area (Å²) in [5.74, 6) is 0.0246. The number of ketones is 1. The topological polar surface area (TPSA) is 17.1 Å². The van der Waals surface area contributed by atoms with Crippen molar-refractivity contribution in [3.63, 3.8) is 0 Å². The summed E-state index contributed by atoms with van der Waals surface area (Å²) in [5, 5.41) is 1.42. The van der Waals surface area contributed by atoms with Gasteiger partial charge in [-0.15, -0.1) is 0 Å². The zero-order valence-corrected chi connectivity index (χ0v) is 16.1. The van der Waals surface area contributed by atoms with Crippen molar-refractivity contribution in [2.24, 2.45) is 0 Å². The molecule has 0 heterocycles. The van der Waals surface area contributed by atoms with Crippen molar-refractivity contribution in [1.29, 1.82) is 0 Å². The SMILES string of the molecule is O=C(c1ccc2c(c1)-c1cc(Cl)ccc1-2)c1ccc2c(c1)-c1cc(Cl)ccc1-2. The van der Waals surface area contributed by atoms with Gasteiger partial charge in [0.2, 0.25) is 0 Å². The molecule has 0 N–H and O–H groups in total. The average Bonchev–Trinajstić information content (AvgIpc) is 2.70. The molecule has 132 valence electrons. The summed E-state index contributed by atoms with van der Waals surface area (Å²) in [7, 11) is 0. The summed E-state index contributed by atoms with van der Waals surface area (Å²) in [6.45, 7) is 0. The molecule has 0 bridgehead atoms. The second-order valence-corrected chi connectivity index (χ2v) is 8.10. The molecule has 0 unspecified atom stereocenters. The fraction of sp³-hybridized carbons (Fsp3) is 0. The summed E-state index contributed by atoms with van der Waals surface area (Å²) in [5.41, 5.74) is 10.5. The Balaban J connectivity index is 1.38. The zero-order chi connectivity index (χ0) is 19.0. The van der Waals surface area contributed by atoms with Crippen molar-refractivity contribution >= 4 is 29.0 Å². The van der Waals surface area contributed by atoms with Crippen LogP contribution in [0, 0.1) is 0 Å². The van der Waals surface area contributed by atoms with E-state index >= 15 is 0 Å². The lowest BCUT2D eigenvalue weighted by atomic mass is 9.78. The number of carbonyl (C=O) groups excluding carboxylic acids is 1. The van der Waals surface area contributed by atoms with Gasteiger partial charge in [-0.1, -0.05) is 59.6 Å². The Labute approximate surface area is 172 Å². The van der Waals surface area contributed by atoms with E-state index < -0.39 is 0 Å². The van der Waals surface area contributed by atoms with Crippen LogP contribution in [0.15, 0.2) is 72.8 Å². The van der Waals surface area contributed by atoms with E-state index in [4.69, 9.17) is 23.2 Å². The second-order valence-electron chi connectivity index (χ2n) is 7.23. The van der Waals surface area contributed by atoms with Gasteiger partial charge in [-0.2, -0.15) is 0 Å². The van der Waals surface area contributed by atoms with Crippen LogP contribution in [0.4, 0.5) is 0 Å². The largest absolute Gasteiger partial charge is 0.289 e. The van der Waals surface area contributed by atoms with Crippen LogP contribution in [0.25, 0.3) is 44.5 Å². The molecule has 3 heteroatoms. The third-order valence-electron chi connectivity index (χ3n) is 5.69. The minimum Gasteiger partial charge on any atom is -0.289 e. The number of rotatable bonds is 2. The van der Waals surface area contributed by atoms with E-state index in [0.29, 0.717) is 21.2 Å². The maximum Gasteiger partial charge on any atom is 0.193 e. The fourth-order valence-corrected chi connectivity index (χ4v) is 4.62. The molecule has 0 saturated heterocycles. The summed E-state index contributed by atoms with van der Waals surface area (Å²) >= 11 is 12.3. The highest BCUT2D eigenvalue weighted by atomic mass is 35.5. The molecule has 0 radical (unpaired) electrons. The van der Waals surface area contributed by atoms with Crippen LogP contribution in [0.1, 0.15) is 15.9 Å². The van der Waals surface area contributed by atoms with Crippen LogP contribution in [0.5, 0.6) is 0 Å². The Bertz CT molecular complexity index is 1250. The molecule has 2 aliphatic rings. The Kier molecular flexibility index (Phi) is 3.21. The molecule has 0 atom stereocenters. The van der Waals surface area contributed by atoms with Crippen molar-refractivity contribution in [1.82, 2.24) is 0 Å². The smallest absolute Gasteiger partial charge is 0.193 e. The normalized spacial score (nSPS) is 12.1. The summed E-state index contributed by atoms with van der Waals surface area (Å²) < 4.78 is 0. The molecule has 4 aromatic rings. The first-order chi connectivity index (χ1) is 13.6. The van der Waals surface area contributed by atoms with E-state index in [9.17, 15) is 4.79 Å². The molecule has 0 fully saturated rings. The molecule has 0 spiro atoms. The van der Waals surface area contributed by atoms with Crippen LogP contribution in [-0.4, -0.2) is 5.78 Å². The van der Waals surface area contributed by atoms with Crippen molar-refractivity contribution in [3.8, 4) is 44.5 Å². The van der Waals surface area contributed by atoms with Crippen molar-refractivity contribution in [2.45, 2.75) is 0 Å². The van der Waals surface area contributed by atoms with E-state index in [1.54, 1.807) is 0 Å². The molecule has 1 nitrogen and oxygen atoms in total. The number of hydrogen-bond donors (Lipinski definition) is 0. The Morgan fingerprint density at radius 3 is 1.25 bits per heavy atom. The number of halogens is 2. The lowest BCUT2D eigenvalue weighted by molar-refractivity contribution is 0.103. The van der Waals surface area contributed by atoms with Crippen LogP contribution < -0.4 is 0 Å². The minimum absolute atomic E-state index is 0.0246. The van der Waals surface area contributed by atoms with Gasteiger partial charge in [0.1, 0.15) is 0 Å². The average molecular weight is 399 g/mol. The maximum atomic E-state index is 13.1. The summed E-state index contributed by atoms with van der Waals surface area (Å²) in [4.78, 5) is 13.1. The highest BCUT2D eigenvalue weighted by Crippen LogP contribution is 2.50. The van der Waals surface area contributed by atoms with Crippen LogP contribution >= 0.6 is 23.2 Å². The fourth-order valence-electron chi connectivity index (χ4n) is 4.28. The van der Waals surface area contributed by atoms with Gasteiger partial charge in [-0.05, 0) is 80.9 Å². The lowest BCUT2D eigenvalue weighted by Gasteiger charge is -2.25. The standard InChI is InChI=1S/C25H12Cl2O/c26-15-3-7-19-17-5-1-13(9-21(17)23(19)11-15)25(28)14-2-6-18-20-8-4-16(27)12-24(20)22(18)10-14/h1-12H. The lowest BCUT2D eigenvalue weighted by Crippen LogP contribution is -2.07. The number of fused-ring (bicyclic) bond motifs is 8. The molecule has 0 aromatic heterocycles. The molecular formula is C25H12Cl2O.